The molecule has 0 heterocycles. The van der Waals surface area contributed by atoms with Crippen molar-refractivity contribution in [2.24, 2.45) is 10.7 Å². The zero-order valence-electron chi connectivity index (χ0n) is 20.1. The molecular formula is C26H35N3O5. The molecule has 0 fully saturated rings. The van der Waals surface area contributed by atoms with Crippen LogP contribution >= 0.6 is 0 Å². The minimum absolute atomic E-state index is 0.0478. The third kappa shape index (κ3) is 8.77. The van der Waals surface area contributed by atoms with E-state index in [1.165, 1.54) is 13.2 Å². The van der Waals surface area contributed by atoms with Gasteiger partial charge in [-0.2, -0.15) is 0 Å². The Balaban J connectivity index is 1.84. The average Bonchev–Trinajstić information content (AvgIpc) is 2.79. The number of phenols is 2. The van der Waals surface area contributed by atoms with Gasteiger partial charge in [-0.1, -0.05) is 18.2 Å². The molecule has 0 saturated heterocycles. The van der Waals surface area contributed by atoms with Gasteiger partial charge in [-0.05, 0) is 68.0 Å². The van der Waals surface area contributed by atoms with E-state index in [0.29, 0.717) is 43.8 Å². The number of aromatic hydroxyl groups is 2. The number of phenolic OH excluding ortho intramolecular Hbond substituents is 2. The van der Waals surface area contributed by atoms with E-state index < -0.39 is 5.54 Å². The van der Waals surface area contributed by atoms with E-state index in [4.69, 9.17) is 10.5 Å². The van der Waals surface area contributed by atoms with E-state index in [0.717, 1.165) is 11.1 Å². The fourth-order valence-corrected chi connectivity index (χ4v) is 3.86. The number of hydrogen-bond acceptors (Lipinski definition) is 6. The van der Waals surface area contributed by atoms with Crippen molar-refractivity contribution in [2.45, 2.75) is 57.4 Å². The minimum atomic E-state index is -0.442. The summed E-state index contributed by atoms with van der Waals surface area (Å²) in [5, 5.41) is 22.4. The molecular weight excluding hydrogens is 434 g/mol. The maximum Gasteiger partial charge on any atom is 0.188 e. The van der Waals surface area contributed by atoms with Crippen molar-refractivity contribution in [2.75, 3.05) is 14.2 Å². The molecule has 8 heteroatoms. The molecule has 0 aliphatic carbocycles. The van der Waals surface area contributed by atoms with Crippen molar-refractivity contribution in [1.82, 2.24) is 5.32 Å². The molecule has 0 amide bonds. The lowest BCUT2D eigenvalue weighted by Crippen LogP contribution is -2.50. The van der Waals surface area contributed by atoms with Gasteiger partial charge in [-0.25, -0.2) is 0 Å². The first-order chi connectivity index (χ1) is 16.1. The van der Waals surface area contributed by atoms with Crippen LogP contribution in [0.1, 0.15) is 50.2 Å². The summed E-state index contributed by atoms with van der Waals surface area (Å²) in [5.41, 5.74) is 7.35. The molecule has 0 bridgehead atoms. The van der Waals surface area contributed by atoms with E-state index in [1.807, 2.05) is 19.1 Å². The third-order valence-corrected chi connectivity index (χ3v) is 5.72. The molecule has 8 nitrogen and oxygen atoms in total. The smallest absolute Gasteiger partial charge is 0.188 e. The second-order valence-corrected chi connectivity index (χ2v) is 8.75. The van der Waals surface area contributed by atoms with E-state index in [2.05, 4.69) is 10.3 Å². The highest BCUT2D eigenvalue weighted by Crippen LogP contribution is 2.27. The SMILES string of the molecule is CN=C(N)NC(C)(CCCC(=O)CC(=O)CCc1ccc(O)c(OC)c1)Cc1ccc(O)cc1. The van der Waals surface area contributed by atoms with Crippen LogP contribution in [0.2, 0.25) is 0 Å². The monoisotopic (exact) mass is 469 g/mol. The highest BCUT2D eigenvalue weighted by atomic mass is 16.5. The molecule has 0 aliphatic heterocycles. The van der Waals surface area contributed by atoms with Gasteiger partial charge in [-0.15, -0.1) is 0 Å². The Labute approximate surface area is 200 Å². The molecule has 2 rings (SSSR count). The summed E-state index contributed by atoms with van der Waals surface area (Å²) in [6.45, 7) is 2.01. The molecule has 1 atom stereocenters. The number of ketones is 2. The average molecular weight is 470 g/mol. The van der Waals surface area contributed by atoms with Crippen molar-refractivity contribution in [3.8, 4) is 17.2 Å². The number of carbonyl (C=O) groups is 2. The van der Waals surface area contributed by atoms with Crippen molar-refractivity contribution < 1.29 is 24.5 Å². The van der Waals surface area contributed by atoms with Gasteiger partial charge in [0.05, 0.1) is 13.5 Å². The van der Waals surface area contributed by atoms with Crippen LogP contribution in [0.4, 0.5) is 0 Å². The van der Waals surface area contributed by atoms with Gasteiger partial charge >= 0.3 is 0 Å². The third-order valence-electron chi connectivity index (χ3n) is 5.72. The molecule has 0 spiro atoms. The number of benzene rings is 2. The minimum Gasteiger partial charge on any atom is -0.508 e. The highest BCUT2D eigenvalue weighted by molar-refractivity contribution is 5.99. The fraction of sp³-hybridized carbons (Fsp3) is 0.423. The summed E-state index contributed by atoms with van der Waals surface area (Å²) in [4.78, 5) is 28.7. The fourth-order valence-electron chi connectivity index (χ4n) is 3.86. The van der Waals surface area contributed by atoms with Crippen LogP contribution in [0.25, 0.3) is 0 Å². The van der Waals surface area contributed by atoms with Gasteiger partial charge in [0.2, 0.25) is 0 Å². The topological polar surface area (TPSA) is 134 Å². The number of methoxy groups -OCH3 is 1. The normalized spacial score (nSPS) is 13.2. The molecule has 0 aliphatic rings. The first kappa shape index (κ1) is 26.7. The number of aliphatic imine (C=N–C) groups is 1. The summed E-state index contributed by atoms with van der Waals surface area (Å²) in [7, 11) is 3.07. The molecule has 2 aromatic carbocycles. The Morgan fingerprint density at radius 1 is 1.06 bits per heavy atom. The van der Waals surface area contributed by atoms with E-state index in [9.17, 15) is 19.8 Å². The second kappa shape index (κ2) is 12.6. The molecule has 0 saturated carbocycles. The number of ether oxygens (including phenoxy) is 1. The number of Topliss-reactive ketones (excluding diaryl/α,β-unsaturated/α-hetero) is 2. The molecule has 184 valence electrons. The first-order valence-corrected chi connectivity index (χ1v) is 11.3. The van der Waals surface area contributed by atoms with Crippen LogP contribution in [0.5, 0.6) is 17.2 Å². The van der Waals surface area contributed by atoms with E-state index in [-0.39, 0.29) is 35.9 Å². The number of nitrogens with zero attached hydrogens (tertiary/aromatic N) is 1. The van der Waals surface area contributed by atoms with Crippen LogP contribution in [0, 0.1) is 0 Å². The number of nitrogens with one attached hydrogen (secondary N) is 1. The summed E-state index contributed by atoms with van der Waals surface area (Å²) in [6.07, 6.45) is 2.82. The van der Waals surface area contributed by atoms with Crippen molar-refractivity contribution in [3.05, 3.63) is 53.6 Å². The zero-order chi connectivity index (χ0) is 25.1. The predicted octanol–water partition coefficient (Wildman–Crippen LogP) is 3.27. The molecule has 0 radical (unpaired) electrons. The maximum atomic E-state index is 12.4. The lowest BCUT2D eigenvalue weighted by atomic mass is 9.87. The Hall–Kier alpha value is -3.55. The quantitative estimate of drug-likeness (QED) is 0.201. The highest BCUT2D eigenvalue weighted by Gasteiger charge is 2.25. The lowest BCUT2D eigenvalue weighted by molar-refractivity contribution is -0.127. The molecule has 2 aromatic rings. The number of rotatable bonds is 13. The number of nitrogens with two attached hydrogens (primary N) is 1. The summed E-state index contributed by atoms with van der Waals surface area (Å²) >= 11 is 0. The van der Waals surface area contributed by atoms with Crippen LogP contribution < -0.4 is 15.8 Å². The van der Waals surface area contributed by atoms with E-state index >= 15 is 0 Å². The van der Waals surface area contributed by atoms with Gasteiger partial charge in [0.25, 0.3) is 0 Å². The molecule has 0 aromatic heterocycles. The predicted molar refractivity (Wildman–Crippen MR) is 132 cm³/mol. The summed E-state index contributed by atoms with van der Waals surface area (Å²) < 4.78 is 5.08. The zero-order valence-corrected chi connectivity index (χ0v) is 20.1. The Kier molecular flexibility index (Phi) is 9.92. The van der Waals surface area contributed by atoms with Gasteiger partial charge < -0.3 is 26.0 Å². The van der Waals surface area contributed by atoms with Crippen molar-refractivity contribution in [1.29, 1.82) is 0 Å². The standard InChI is InChI=1S/C26H35N3O5/c1-26(29-25(27)28-2,17-19-7-10-20(30)11-8-19)14-4-5-21(31)16-22(32)12-6-18-9-13-23(33)24(15-18)34-3/h7-11,13,15,30,33H,4-6,12,14,16-17H2,1-3H3,(H3,27,28,29). The molecule has 5 N–H and O–H groups in total. The number of guanidine groups is 1. The number of carbonyl (C=O) groups excluding carboxylic acids is 2. The van der Waals surface area contributed by atoms with Crippen LogP contribution in [0.15, 0.2) is 47.5 Å². The Morgan fingerprint density at radius 3 is 2.35 bits per heavy atom. The first-order valence-electron chi connectivity index (χ1n) is 11.3. The largest absolute Gasteiger partial charge is 0.508 e. The molecule has 1 unspecified atom stereocenters. The number of hydrogen-bond donors (Lipinski definition) is 4. The number of aryl methyl sites for hydroxylation is 1. The molecule has 34 heavy (non-hydrogen) atoms. The van der Waals surface area contributed by atoms with Crippen LogP contribution in [0.3, 0.4) is 0 Å². The van der Waals surface area contributed by atoms with Gasteiger partial charge in [0, 0.05) is 25.4 Å². The van der Waals surface area contributed by atoms with Gasteiger partial charge in [0.1, 0.15) is 17.3 Å². The van der Waals surface area contributed by atoms with Crippen molar-refractivity contribution >= 4 is 17.5 Å². The van der Waals surface area contributed by atoms with Crippen molar-refractivity contribution in [3.63, 3.8) is 0 Å². The lowest BCUT2D eigenvalue weighted by Gasteiger charge is -2.32. The van der Waals surface area contributed by atoms with Gasteiger partial charge in [-0.3, -0.25) is 14.6 Å². The van der Waals surface area contributed by atoms with E-state index in [1.54, 1.807) is 31.3 Å². The Morgan fingerprint density at radius 2 is 1.71 bits per heavy atom. The maximum absolute atomic E-state index is 12.4. The van der Waals surface area contributed by atoms with Crippen LogP contribution in [-0.4, -0.2) is 47.4 Å². The van der Waals surface area contributed by atoms with Crippen LogP contribution in [-0.2, 0) is 22.4 Å². The van der Waals surface area contributed by atoms with Gasteiger partial charge in [0.15, 0.2) is 17.5 Å². The summed E-state index contributed by atoms with van der Waals surface area (Å²) in [5.74, 6) is 0.730. The summed E-state index contributed by atoms with van der Waals surface area (Å²) in [6, 6.07) is 11.9. The second-order valence-electron chi connectivity index (χ2n) is 8.75. The Bertz CT molecular complexity index is 1000.